The average Bonchev–Trinajstić information content (AvgIpc) is 2.33. The summed E-state index contributed by atoms with van der Waals surface area (Å²) in [5, 5.41) is 3.29. The Morgan fingerprint density at radius 3 is 2.72 bits per heavy atom. The van der Waals surface area contributed by atoms with Gasteiger partial charge in [-0.2, -0.15) is 0 Å². The second-order valence-corrected chi connectivity index (χ2v) is 4.67. The number of nitrogen functional groups attached to an aromatic ring is 1. The van der Waals surface area contributed by atoms with Crippen molar-refractivity contribution in [2.45, 2.75) is 39.0 Å². The van der Waals surface area contributed by atoms with E-state index in [4.69, 9.17) is 10.5 Å². The lowest BCUT2D eigenvalue weighted by atomic mass is 10.2. The van der Waals surface area contributed by atoms with Crippen LogP contribution >= 0.6 is 0 Å². The van der Waals surface area contributed by atoms with Crippen molar-refractivity contribution in [3.8, 4) is 0 Å². The summed E-state index contributed by atoms with van der Waals surface area (Å²) in [6.45, 7) is 5.85. The number of ether oxygens (including phenoxy) is 1. The molecule has 3 N–H and O–H groups in total. The molecule has 1 aromatic heterocycles. The fourth-order valence-electron chi connectivity index (χ4n) is 1.60. The quantitative estimate of drug-likeness (QED) is 0.695. The highest BCUT2D eigenvalue weighted by molar-refractivity contribution is 5.44. The topological polar surface area (TPSA) is 73.1 Å². The Morgan fingerprint density at radius 1 is 1.28 bits per heavy atom. The van der Waals surface area contributed by atoms with Gasteiger partial charge in [0.15, 0.2) is 0 Å². The van der Waals surface area contributed by atoms with E-state index in [9.17, 15) is 0 Å². The molecule has 5 nitrogen and oxygen atoms in total. The Balaban J connectivity index is 2.37. The zero-order valence-electron chi connectivity index (χ0n) is 11.6. The fourth-order valence-corrected chi connectivity index (χ4v) is 1.60. The summed E-state index contributed by atoms with van der Waals surface area (Å²) in [6, 6.07) is 1.78. The number of aromatic nitrogens is 2. The first-order chi connectivity index (χ1) is 8.63. The third-order valence-electron chi connectivity index (χ3n) is 2.61. The van der Waals surface area contributed by atoms with Gasteiger partial charge >= 0.3 is 0 Å². The van der Waals surface area contributed by atoms with Gasteiger partial charge in [-0.05, 0) is 19.3 Å². The molecule has 1 aromatic rings. The van der Waals surface area contributed by atoms with Gasteiger partial charge in [0.05, 0.1) is 0 Å². The summed E-state index contributed by atoms with van der Waals surface area (Å²) in [5.74, 6) is 2.42. The molecule has 0 fully saturated rings. The van der Waals surface area contributed by atoms with Crippen LogP contribution in [0.3, 0.4) is 0 Å². The Morgan fingerprint density at radius 2 is 2.06 bits per heavy atom. The van der Waals surface area contributed by atoms with Crippen LogP contribution in [0.25, 0.3) is 0 Å². The van der Waals surface area contributed by atoms with Crippen LogP contribution in [0.5, 0.6) is 0 Å². The first-order valence-corrected chi connectivity index (χ1v) is 6.50. The third kappa shape index (κ3) is 5.31. The van der Waals surface area contributed by atoms with Gasteiger partial charge in [-0.3, -0.25) is 0 Å². The van der Waals surface area contributed by atoms with E-state index >= 15 is 0 Å². The van der Waals surface area contributed by atoms with Gasteiger partial charge in [-0.1, -0.05) is 13.8 Å². The standard InChI is InChI=1S/C13H24N4O/c1-10(2)13-16-11(14)9-12(17-13)15-7-5-4-6-8-18-3/h9-10H,4-8H2,1-3H3,(H3,14,15,16,17). The number of nitrogens with zero attached hydrogens (tertiary/aromatic N) is 2. The molecule has 0 aliphatic carbocycles. The van der Waals surface area contributed by atoms with Crippen LogP contribution in [0.4, 0.5) is 11.6 Å². The molecule has 5 heteroatoms. The van der Waals surface area contributed by atoms with E-state index in [-0.39, 0.29) is 5.92 Å². The molecule has 102 valence electrons. The molecule has 0 aliphatic heterocycles. The summed E-state index contributed by atoms with van der Waals surface area (Å²) < 4.78 is 5.01. The Hall–Kier alpha value is -1.36. The number of hydrogen-bond donors (Lipinski definition) is 2. The van der Waals surface area contributed by atoms with Crippen molar-refractivity contribution < 1.29 is 4.74 Å². The molecular formula is C13H24N4O. The minimum atomic E-state index is 0.288. The second kappa shape index (κ2) is 7.87. The summed E-state index contributed by atoms with van der Waals surface area (Å²) in [5.41, 5.74) is 5.76. The maximum atomic E-state index is 5.76. The van der Waals surface area contributed by atoms with Crippen LogP contribution in [0.1, 0.15) is 44.9 Å². The monoisotopic (exact) mass is 252 g/mol. The molecule has 0 aliphatic rings. The molecular weight excluding hydrogens is 228 g/mol. The van der Waals surface area contributed by atoms with Crippen LogP contribution < -0.4 is 11.1 Å². The van der Waals surface area contributed by atoms with Crippen molar-refractivity contribution in [3.05, 3.63) is 11.9 Å². The predicted octanol–water partition coefficient (Wildman–Crippen LogP) is 2.41. The summed E-state index contributed by atoms with van der Waals surface area (Å²) in [4.78, 5) is 8.65. The van der Waals surface area contributed by atoms with E-state index in [2.05, 4.69) is 29.1 Å². The minimum Gasteiger partial charge on any atom is -0.385 e. The molecule has 0 spiro atoms. The molecule has 0 saturated heterocycles. The van der Waals surface area contributed by atoms with Crippen LogP contribution in [0.2, 0.25) is 0 Å². The lowest BCUT2D eigenvalue weighted by Gasteiger charge is -2.10. The summed E-state index contributed by atoms with van der Waals surface area (Å²) in [6.07, 6.45) is 3.35. The summed E-state index contributed by atoms with van der Waals surface area (Å²) in [7, 11) is 1.73. The number of rotatable bonds is 8. The summed E-state index contributed by atoms with van der Waals surface area (Å²) >= 11 is 0. The number of anilines is 2. The molecule has 0 aromatic carbocycles. The van der Waals surface area contributed by atoms with E-state index < -0.39 is 0 Å². The highest BCUT2D eigenvalue weighted by Gasteiger charge is 2.05. The maximum Gasteiger partial charge on any atom is 0.135 e. The van der Waals surface area contributed by atoms with Crippen LogP contribution in [-0.4, -0.2) is 30.2 Å². The largest absolute Gasteiger partial charge is 0.385 e. The zero-order chi connectivity index (χ0) is 13.4. The molecule has 0 unspecified atom stereocenters. The van der Waals surface area contributed by atoms with Crippen molar-refractivity contribution in [1.29, 1.82) is 0 Å². The lowest BCUT2D eigenvalue weighted by Crippen LogP contribution is -2.08. The Labute approximate surface area is 109 Å². The fraction of sp³-hybridized carbons (Fsp3) is 0.692. The molecule has 1 rings (SSSR count). The molecule has 0 saturated carbocycles. The van der Waals surface area contributed by atoms with Crippen molar-refractivity contribution >= 4 is 11.6 Å². The highest BCUT2D eigenvalue weighted by atomic mass is 16.5. The zero-order valence-corrected chi connectivity index (χ0v) is 11.6. The average molecular weight is 252 g/mol. The van der Waals surface area contributed by atoms with Crippen LogP contribution in [0.15, 0.2) is 6.07 Å². The first-order valence-electron chi connectivity index (χ1n) is 6.50. The van der Waals surface area contributed by atoms with Crippen molar-refractivity contribution in [1.82, 2.24) is 9.97 Å². The Bertz CT molecular complexity index is 355. The van der Waals surface area contributed by atoms with Crippen LogP contribution in [0, 0.1) is 0 Å². The van der Waals surface area contributed by atoms with Crippen molar-refractivity contribution in [2.75, 3.05) is 31.3 Å². The highest BCUT2D eigenvalue weighted by Crippen LogP contribution is 2.15. The molecule has 1 heterocycles. The third-order valence-corrected chi connectivity index (χ3v) is 2.61. The van der Waals surface area contributed by atoms with Gasteiger partial charge in [-0.15, -0.1) is 0 Å². The lowest BCUT2D eigenvalue weighted by molar-refractivity contribution is 0.192. The molecule has 0 radical (unpaired) electrons. The van der Waals surface area contributed by atoms with Gasteiger partial charge < -0.3 is 15.8 Å². The molecule has 0 atom stereocenters. The van der Waals surface area contributed by atoms with E-state index in [1.807, 2.05) is 0 Å². The molecule has 0 amide bonds. The Kier molecular flexibility index (Phi) is 6.43. The van der Waals surface area contributed by atoms with Crippen molar-refractivity contribution in [3.63, 3.8) is 0 Å². The van der Waals surface area contributed by atoms with E-state index in [0.717, 1.165) is 44.1 Å². The van der Waals surface area contributed by atoms with Crippen LogP contribution in [-0.2, 0) is 4.74 Å². The number of nitrogens with two attached hydrogens (primary N) is 1. The normalized spacial score (nSPS) is 10.9. The van der Waals surface area contributed by atoms with Gasteiger partial charge in [0.25, 0.3) is 0 Å². The molecule has 18 heavy (non-hydrogen) atoms. The van der Waals surface area contributed by atoms with Gasteiger partial charge in [0, 0.05) is 32.2 Å². The molecule has 0 bridgehead atoms. The van der Waals surface area contributed by atoms with Crippen molar-refractivity contribution in [2.24, 2.45) is 0 Å². The maximum absolute atomic E-state index is 5.76. The van der Waals surface area contributed by atoms with Gasteiger partial charge in [-0.25, -0.2) is 9.97 Å². The second-order valence-electron chi connectivity index (χ2n) is 4.67. The van der Waals surface area contributed by atoms with E-state index in [1.54, 1.807) is 13.2 Å². The number of methoxy groups -OCH3 is 1. The predicted molar refractivity (Wildman–Crippen MR) is 74.8 cm³/mol. The van der Waals surface area contributed by atoms with Gasteiger partial charge in [0.1, 0.15) is 17.5 Å². The number of nitrogens with one attached hydrogen (secondary N) is 1. The van der Waals surface area contributed by atoms with Gasteiger partial charge in [0.2, 0.25) is 0 Å². The smallest absolute Gasteiger partial charge is 0.135 e. The first kappa shape index (κ1) is 14.7. The SMILES string of the molecule is COCCCCCNc1cc(N)nc(C(C)C)n1. The van der Waals surface area contributed by atoms with E-state index in [0.29, 0.717) is 5.82 Å². The minimum absolute atomic E-state index is 0.288. The number of unbranched alkanes of at least 4 members (excludes halogenated alkanes) is 2. The van der Waals surface area contributed by atoms with E-state index in [1.165, 1.54) is 0 Å². The number of hydrogen-bond acceptors (Lipinski definition) is 5.